The molecule has 0 aromatic carbocycles. The van der Waals surface area contributed by atoms with E-state index in [1.54, 1.807) is 4.31 Å². The van der Waals surface area contributed by atoms with Crippen LogP contribution in [0.15, 0.2) is 0 Å². The minimum Gasteiger partial charge on any atom is -0.313 e. The molecule has 0 saturated carbocycles. The number of sulfonamides is 1. The van der Waals surface area contributed by atoms with Crippen LogP contribution in [0, 0.1) is 0 Å². The van der Waals surface area contributed by atoms with Crippen LogP contribution in [0.25, 0.3) is 0 Å². The van der Waals surface area contributed by atoms with Crippen molar-refractivity contribution in [2.24, 2.45) is 0 Å². The van der Waals surface area contributed by atoms with Crippen molar-refractivity contribution in [2.75, 3.05) is 38.5 Å². The second kappa shape index (κ2) is 5.68. The molecule has 6 heteroatoms. The van der Waals surface area contributed by atoms with Crippen LogP contribution in [0.4, 0.5) is 0 Å². The molecule has 2 unspecified atom stereocenters. The Morgan fingerprint density at radius 2 is 1.95 bits per heavy atom. The first kappa shape index (κ1) is 13.8. The molecule has 3 saturated heterocycles. The summed E-state index contributed by atoms with van der Waals surface area (Å²) in [6, 6.07) is 0.642. The molecule has 3 heterocycles. The summed E-state index contributed by atoms with van der Waals surface area (Å²) >= 11 is 0. The van der Waals surface area contributed by atoms with Gasteiger partial charge in [-0.25, -0.2) is 8.42 Å². The van der Waals surface area contributed by atoms with E-state index in [-0.39, 0.29) is 6.04 Å². The Balaban J connectivity index is 1.60. The first-order valence-electron chi connectivity index (χ1n) is 7.60. The molecular weight excluding hydrogens is 262 g/mol. The van der Waals surface area contributed by atoms with Crippen LogP contribution in [0.3, 0.4) is 0 Å². The maximum Gasteiger partial charge on any atom is 0.215 e. The lowest BCUT2D eigenvalue weighted by atomic mass is 10.1. The molecule has 0 aromatic heterocycles. The van der Waals surface area contributed by atoms with Crippen LogP contribution < -0.4 is 5.32 Å². The molecule has 0 amide bonds. The summed E-state index contributed by atoms with van der Waals surface area (Å²) in [5.41, 5.74) is 0. The van der Waals surface area contributed by atoms with Crippen molar-refractivity contribution in [2.45, 2.75) is 44.2 Å². The van der Waals surface area contributed by atoms with Crippen molar-refractivity contribution in [3.05, 3.63) is 0 Å². The number of piperazine rings is 1. The maximum absolute atomic E-state index is 12.5. The monoisotopic (exact) mass is 287 g/mol. The quantitative estimate of drug-likeness (QED) is 0.808. The van der Waals surface area contributed by atoms with Crippen molar-refractivity contribution in [3.8, 4) is 0 Å². The van der Waals surface area contributed by atoms with Crippen molar-refractivity contribution in [3.63, 3.8) is 0 Å². The van der Waals surface area contributed by atoms with Gasteiger partial charge in [-0.3, -0.25) is 4.90 Å². The number of nitrogens with one attached hydrogen (secondary N) is 1. The van der Waals surface area contributed by atoms with Gasteiger partial charge in [0.25, 0.3) is 0 Å². The molecule has 0 aliphatic carbocycles. The van der Waals surface area contributed by atoms with E-state index in [9.17, 15) is 8.42 Å². The van der Waals surface area contributed by atoms with Gasteiger partial charge < -0.3 is 5.32 Å². The highest BCUT2D eigenvalue weighted by molar-refractivity contribution is 7.89. The van der Waals surface area contributed by atoms with Gasteiger partial charge in [0.05, 0.1) is 5.75 Å². The third-order valence-corrected chi connectivity index (χ3v) is 6.71. The Hall–Kier alpha value is -0.170. The first-order chi connectivity index (χ1) is 9.15. The average Bonchev–Trinajstić information content (AvgIpc) is 2.86. The van der Waals surface area contributed by atoms with Crippen molar-refractivity contribution < 1.29 is 8.42 Å². The fraction of sp³-hybridized carbons (Fsp3) is 1.00. The number of hydrogen-bond acceptors (Lipinski definition) is 4. The standard InChI is InChI=1S/C13H25N3O2S/c17-19(18,11-12-4-1-2-6-14-12)16-9-8-15-7-3-5-13(15)10-16/h12-14H,1-11H2. The Kier molecular flexibility index (Phi) is 4.12. The van der Waals surface area contributed by atoms with Gasteiger partial charge in [0.1, 0.15) is 0 Å². The lowest BCUT2D eigenvalue weighted by Crippen LogP contribution is -2.54. The fourth-order valence-electron chi connectivity index (χ4n) is 3.64. The number of piperidine rings is 1. The Morgan fingerprint density at radius 1 is 1.05 bits per heavy atom. The molecule has 3 rings (SSSR count). The Morgan fingerprint density at radius 3 is 2.74 bits per heavy atom. The van der Waals surface area contributed by atoms with Gasteiger partial charge in [0.2, 0.25) is 10.0 Å². The van der Waals surface area contributed by atoms with E-state index in [1.807, 2.05) is 0 Å². The van der Waals surface area contributed by atoms with E-state index in [0.29, 0.717) is 18.3 Å². The van der Waals surface area contributed by atoms with Crippen molar-refractivity contribution >= 4 is 10.0 Å². The van der Waals surface area contributed by atoms with Gasteiger partial charge in [0.15, 0.2) is 0 Å². The van der Waals surface area contributed by atoms with Gasteiger partial charge in [-0.1, -0.05) is 6.42 Å². The maximum atomic E-state index is 12.5. The predicted octanol–water partition coefficient (Wildman–Crippen LogP) is 0.238. The molecule has 19 heavy (non-hydrogen) atoms. The van der Waals surface area contributed by atoms with Gasteiger partial charge >= 0.3 is 0 Å². The zero-order chi connectivity index (χ0) is 13.3. The molecule has 3 aliphatic heterocycles. The molecule has 0 spiro atoms. The molecule has 1 N–H and O–H groups in total. The third-order valence-electron chi connectivity index (χ3n) is 4.77. The zero-order valence-electron chi connectivity index (χ0n) is 11.6. The van der Waals surface area contributed by atoms with Crippen LogP contribution in [0.2, 0.25) is 0 Å². The SMILES string of the molecule is O=S(=O)(CC1CCCCN1)N1CCN2CCCC2C1. The summed E-state index contributed by atoms with van der Waals surface area (Å²) in [6.07, 6.45) is 5.72. The molecule has 2 atom stereocenters. The summed E-state index contributed by atoms with van der Waals surface area (Å²) < 4.78 is 26.8. The smallest absolute Gasteiger partial charge is 0.215 e. The van der Waals surface area contributed by atoms with E-state index in [2.05, 4.69) is 10.2 Å². The lowest BCUT2D eigenvalue weighted by Gasteiger charge is -2.37. The summed E-state index contributed by atoms with van der Waals surface area (Å²) in [4.78, 5) is 2.45. The lowest BCUT2D eigenvalue weighted by molar-refractivity contribution is 0.158. The normalized spacial score (nSPS) is 34.3. The highest BCUT2D eigenvalue weighted by Crippen LogP contribution is 2.23. The molecule has 0 bridgehead atoms. The van der Waals surface area contributed by atoms with Crippen LogP contribution in [-0.4, -0.2) is 68.2 Å². The molecular formula is C13H25N3O2S. The number of rotatable bonds is 3. The second-order valence-electron chi connectivity index (χ2n) is 6.12. The fourth-order valence-corrected chi connectivity index (χ4v) is 5.40. The topological polar surface area (TPSA) is 52.7 Å². The summed E-state index contributed by atoms with van der Waals surface area (Å²) in [5.74, 6) is 0.291. The molecule has 5 nitrogen and oxygen atoms in total. The van der Waals surface area contributed by atoms with Gasteiger partial charge in [-0.2, -0.15) is 4.31 Å². The summed E-state index contributed by atoms with van der Waals surface area (Å²) in [5, 5.41) is 3.34. The minimum absolute atomic E-state index is 0.167. The van der Waals surface area contributed by atoms with Crippen LogP contribution >= 0.6 is 0 Å². The van der Waals surface area contributed by atoms with Gasteiger partial charge in [-0.15, -0.1) is 0 Å². The molecule has 0 aromatic rings. The first-order valence-corrected chi connectivity index (χ1v) is 9.21. The van der Waals surface area contributed by atoms with Crippen LogP contribution in [-0.2, 0) is 10.0 Å². The summed E-state index contributed by atoms with van der Waals surface area (Å²) in [6.45, 7) is 4.45. The number of nitrogens with zero attached hydrogens (tertiary/aromatic N) is 2. The molecule has 3 fully saturated rings. The molecule has 110 valence electrons. The third kappa shape index (κ3) is 3.12. The number of fused-ring (bicyclic) bond motifs is 1. The van der Waals surface area contributed by atoms with E-state index in [0.717, 1.165) is 45.4 Å². The van der Waals surface area contributed by atoms with Crippen molar-refractivity contribution in [1.82, 2.24) is 14.5 Å². The Labute approximate surface area is 116 Å². The highest BCUT2D eigenvalue weighted by atomic mass is 32.2. The summed E-state index contributed by atoms with van der Waals surface area (Å²) in [7, 11) is -3.08. The molecule has 3 aliphatic rings. The van der Waals surface area contributed by atoms with Crippen molar-refractivity contribution in [1.29, 1.82) is 0 Å². The van der Waals surface area contributed by atoms with E-state index in [1.165, 1.54) is 12.8 Å². The average molecular weight is 287 g/mol. The Bertz CT molecular complexity index is 406. The second-order valence-corrected chi connectivity index (χ2v) is 8.13. The predicted molar refractivity (Wildman–Crippen MR) is 75.6 cm³/mol. The molecule has 0 radical (unpaired) electrons. The van der Waals surface area contributed by atoms with Gasteiger partial charge in [-0.05, 0) is 38.8 Å². The van der Waals surface area contributed by atoms with Gasteiger partial charge in [0, 0.05) is 31.7 Å². The van der Waals surface area contributed by atoms with Crippen LogP contribution in [0.1, 0.15) is 32.1 Å². The number of hydrogen-bond donors (Lipinski definition) is 1. The highest BCUT2D eigenvalue weighted by Gasteiger charge is 2.36. The minimum atomic E-state index is -3.08. The van der Waals surface area contributed by atoms with E-state index < -0.39 is 10.0 Å². The van der Waals surface area contributed by atoms with E-state index >= 15 is 0 Å². The zero-order valence-corrected chi connectivity index (χ0v) is 12.4. The van der Waals surface area contributed by atoms with E-state index in [4.69, 9.17) is 0 Å². The largest absolute Gasteiger partial charge is 0.313 e. The van der Waals surface area contributed by atoms with Crippen LogP contribution in [0.5, 0.6) is 0 Å².